The van der Waals surface area contributed by atoms with Gasteiger partial charge in [0.2, 0.25) is 0 Å². The fourth-order valence-electron chi connectivity index (χ4n) is 1.55. The molecule has 118 valence electrons. The normalized spacial score (nSPS) is 12.4. The summed E-state index contributed by atoms with van der Waals surface area (Å²) in [5.41, 5.74) is -0.0305. The van der Waals surface area contributed by atoms with Gasteiger partial charge in [0.05, 0.1) is 5.41 Å². The predicted molar refractivity (Wildman–Crippen MR) is 82.5 cm³/mol. The number of carboxylic acid groups (broad SMARTS) is 1. The molecule has 3 N–H and O–H groups in total. The quantitative estimate of drug-likeness (QED) is 0.717. The Morgan fingerprint density at radius 2 is 1.76 bits per heavy atom. The van der Waals surface area contributed by atoms with Crippen LogP contribution in [0.2, 0.25) is 0 Å². The van der Waals surface area contributed by atoms with Crippen molar-refractivity contribution in [1.82, 2.24) is 4.72 Å². The number of carbonyl (C=O) groups is 1. The molecule has 0 aliphatic carbocycles. The van der Waals surface area contributed by atoms with E-state index < -0.39 is 21.6 Å². The molecule has 1 rings (SSSR count). The molecule has 0 aromatic heterocycles. The lowest BCUT2D eigenvalue weighted by Gasteiger charge is -2.20. The van der Waals surface area contributed by atoms with E-state index in [1.807, 2.05) is 13.8 Å². The average molecular weight is 314 g/mol. The van der Waals surface area contributed by atoms with Crippen LogP contribution in [0.3, 0.4) is 0 Å². The molecule has 0 saturated carbocycles. The van der Waals surface area contributed by atoms with E-state index in [4.69, 9.17) is 5.11 Å². The number of nitrogens with one attached hydrogen (secondary N) is 2. The van der Waals surface area contributed by atoms with E-state index in [-0.39, 0.29) is 5.92 Å². The van der Waals surface area contributed by atoms with Crippen LogP contribution in [0, 0.1) is 5.92 Å². The molecule has 0 radical (unpaired) electrons. The molecule has 0 bridgehead atoms. The van der Waals surface area contributed by atoms with E-state index in [9.17, 15) is 13.2 Å². The third kappa shape index (κ3) is 5.02. The van der Waals surface area contributed by atoms with Gasteiger partial charge in [-0.3, -0.25) is 9.52 Å². The van der Waals surface area contributed by atoms with E-state index in [2.05, 4.69) is 9.44 Å². The summed E-state index contributed by atoms with van der Waals surface area (Å²) in [5, 5.41) is 9.15. The van der Waals surface area contributed by atoms with E-state index in [0.717, 1.165) is 0 Å². The zero-order valence-electron chi connectivity index (χ0n) is 12.7. The molecule has 0 fully saturated rings. The van der Waals surface area contributed by atoms with Crippen LogP contribution >= 0.6 is 0 Å². The highest BCUT2D eigenvalue weighted by atomic mass is 32.2. The number of aliphatic carboxylic acids is 1. The van der Waals surface area contributed by atoms with E-state index in [1.165, 1.54) is 0 Å². The monoisotopic (exact) mass is 314 g/mol. The Hall–Kier alpha value is -1.60. The summed E-state index contributed by atoms with van der Waals surface area (Å²) in [7, 11) is -3.61. The molecule has 6 nitrogen and oxygen atoms in total. The first kappa shape index (κ1) is 17.5. The summed E-state index contributed by atoms with van der Waals surface area (Å²) in [5.74, 6) is -0.727. The molecule has 0 heterocycles. The van der Waals surface area contributed by atoms with Gasteiger partial charge in [-0.2, -0.15) is 13.1 Å². The highest BCUT2D eigenvalue weighted by molar-refractivity contribution is 7.90. The number of benzene rings is 1. The minimum atomic E-state index is -3.61. The maximum absolute atomic E-state index is 11.8. The van der Waals surface area contributed by atoms with Gasteiger partial charge in [-0.05, 0) is 37.5 Å². The molecule has 1 aromatic rings. The fourth-order valence-corrected chi connectivity index (χ4v) is 2.62. The van der Waals surface area contributed by atoms with Gasteiger partial charge in [0, 0.05) is 12.2 Å². The van der Waals surface area contributed by atoms with Crippen molar-refractivity contribution in [2.75, 3.05) is 11.3 Å². The molecule has 7 heteroatoms. The zero-order chi connectivity index (χ0) is 16.3. The van der Waals surface area contributed by atoms with Crippen LogP contribution in [0.25, 0.3) is 0 Å². The van der Waals surface area contributed by atoms with Crippen molar-refractivity contribution in [3.05, 3.63) is 29.8 Å². The summed E-state index contributed by atoms with van der Waals surface area (Å²) >= 11 is 0. The second-order valence-corrected chi connectivity index (χ2v) is 7.35. The first-order chi connectivity index (χ1) is 9.54. The van der Waals surface area contributed by atoms with Crippen LogP contribution in [0.5, 0.6) is 0 Å². The molecule has 0 atom stereocenters. The topological polar surface area (TPSA) is 95.5 Å². The number of carboxylic acids is 1. The Kier molecular flexibility index (Phi) is 5.36. The summed E-state index contributed by atoms with van der Waals surface area (Å²) < 4.78 is 28.4. The molecule has 0 saturated heterocycles. The lowest BCUT2D eigenvalue weighted by Crippen LogP contribution is -2.33. The Morgan fingerprint density at radius 1 is 1.24 bits per heavy atom. The minimum absolute atomic E-state index is 0.209. The van der Waals surface area contributed by atoms with Gasteiger partial charge < -0.3 is 5.11 Å². The lowest BCUT2D eigenvalue weighted by atomic mass is 9.85. The molecule has 0 spiro atoms. The van der Waals surface area contributed by atoms with Gasteiger partial charge in [0.25, 0.3) is 10.2 Å². The molecular formula is C14H22N2O4S. The summed E-state index contributed by atoms with van der Waals surface area (Å²) in [4.78, 5) is 11.2. The van der Waals surface area contributed by atoms with Crippen molar-refractivity contribution in [2.45, 2.75) is 33.1 Å². The van der Waals surface area contributed by atoms with Gasteiger partial charge in [-0.25, -0.2) is 0 Å². The van der Waals surface area contributed by atoms with Crippen molar-refractivity contribution in [3.63, 3.8) is 0 Å². The smallest absolute Gasteiger partial charge is 0.313 e. The van der Waals surface area contributed by atoms with Crippen molar-refractivity contribution in [2.24, 2.45) is 5.92 Å². The molecule has 0 aliphatic heterocycles. The van der Waals surface area contributed by atoms with Crippen molar-refractivity contribution in [3.8, 4) is 0 Å². The number of hydrogen-bond donors (Lipinski definition) is 3. The number of anilines is 1. The van der Waals surface area contributed by atoms with Gasteiger partial charge in [0.1, 0.15) is 0 Å². The SMILES string of the molecule is CC(C)CNS(=O)(=O)Nc1ccc(C(C)(C)C(=O)O)cc1. The third-order valence-electron chi connectivity index (χ3n) is 3.08. The Balaban J connectivity index is 2.82. The Labute approximate surface area is 125 Å². The largest absolute Gasteiger partial charge is 0.481 e. The second-order valence-electron chi connectivity index (χ2n) is 5.86. The minimum Gasteiger partial charge on any atom is -0.481 e. The van der Waals surface area contributed by atoms with E-state index in [1.54, 1.807) is 38.1 Å². The van der Waals surface area contributed by atoms with Gasteiger partial charge in [-0.15, -0.1) is 0 Å². The molecule has 21 heavy (non-hydrogen) atoms. The zero-order valence-corrected chi connectivity index (χ0v) is 13.5. The maximum Gasteiger partial charge on any atom is 0.313 e. The molecular weight excluding hydrogens is 292 g/mol. The first-order valence-corrected chi connectivity index (χ1v) is 8.14. The standard InChI is InChI=1S/C14H22N2O4S/c1-10(2)9-15-21(19,20)16-12-7-5-11(6-8-12)14(3,4)13(17)18/h5-8,10,15-16H,9H2,1-4H3,(H,17,18). The van der Waals surface area contributed by atoms with Crippen LogP contribution in [-0.4, -0.2) is 26.0 Å². The maximum atomic E-state index is 11.8. The second kappa shape index (κ2) is 6.44. The number of rotatable bonds is 7. The van der Waals surface area contributed by atoms with Gasteiger partial charge in [-0.1, -0.05) is 26.0 Å². The predicted octanol–water partition coefficient (Wildman–Crippen LogP) is 1.95. The van der Waals surface area contributed by atoms with Crippen molar-refractivity contribution < 1.29 is 18.3 Å². The Morgan fingerprint density at radius 3 is 2.19 bits per heavy atom. The molecule has 0 aliphatic rings. The van der Waals surface area contributed by atoms with Gasteiger partial charge >= 0.3 is 5.97 Å². The van der Waals surface area contributed by atoms with E-state index in [0.29, 0.717) is 17.8 Å². The summed E-state index contributed by atoms with van der Waals surface area (Å²) in [6.07, 6.45) is 0. The fraction of sp³-hybridized carbons (Fsp3) is 0.500. The number of hydrogen-bond acceptors (Lipinski definition) is 3. The van der Waals surface area contributed by atoms with Crippen LogP contribution < -0.4 is 9.44 Å². The van der Waals surface area contributed by atoms with Crippen molar-refractivity contribution >= 4 is 21.9 Å². The first-order valence-electron chi connectivity index (χ1n) is 6.66. The van der Waals surface area contributed by atoms with Crippen LogP contribution in [0.1, 0.15) is 33.3 Å². The van der Waals surface area contributed by atoms with E-state index >= 15 is 0 Å². The average Bonchev–Trinajstić information content (AvgIpc) is 2.36. The molecule has 1 aromatic carbocycles. The highest BCUT2D eigenvalue weighted by Gasteiger charge is 2.29. The third-order valence-corrected chi connectivity index (χ3v) is 4.13. The molecule has 0 amide bonds. The van der Waals surface area contributed by atoms with Crippen LogP contribution in [-0.2, 0) is 20.4 Å². The molecule has 0 unspecified atom stereocenters. The summed E-state index contributed by atoms with van der Waals surface area (Å²) in [6.45, 7) is 7.35. The van der Waals surface area contributed by atoms with Crippen molar-refractivity contribution in [1.29, 1.82) is 0 Å². The Bertz CT molecular complexity index is 592. The van der Waals surface area contributed by atoms with Crippen LogP contribution in [0.15, 0.2) is 24.3 Å². The summed E-state index contributed by atoms with van der Waals surface area (Å²) in [6, 6.07) is 6.31. The van der Waals surface area contributed by atoms with Crippen LogP contribution in [0.4, 0.5) is 5.69 Å². The van der Waals surface area contributed by atoms with Gasteiger partial charge in [0.15, 0.2) is 0 Å². The lowest BCUT2D eigenvalue weighted by molar-refractivity contribution is -0.142. The highest BCUT2D eigenvalue weighted by Crippen LogP contribution is 2.24.